The summed E-state index contributed by atoms with van der Waals surface area (Å²) in [5.41, 5.74) is 0.462. The molecule has 0 saturated carbocycles. The van der Waals surface area contributed by atoms with Crippen LogP contribution < -0.4 is 10.5 Å². The number of piperidine rings is 1. The van der Waals surface area contributed by atoms with Gasteiger partial charge in [-0.05, 0) is 11.6 Å². The number of halogens is 1. The molecule has 0 atom stereocenters. The number of anilines is 1. The summed E-state index contributed by atoms with van der Waals surface area (Å²) in [7, 11) is 0. The molecule has 8 heteroatoms. The molecule has 1 N–H and O–H groups in total. The molecule has 0 amide bonds. The predicted molar refractivity (Wildman–Crippen MR) is 99.9 cm³/mol. The maximum absolute atomic E-state index is 12.4. The summed E-state index contributed by atoms with van der Waals surface area (Å²) in [5.74, 6) is 0.372. The van der Waals surface area contributed by atoms with Crippen molar-refractivity contribution in [3.05, 3.63) is 56.6 Å². The van der Waals surface area contributed by atoms with Crippen LogP contribution >= 0.6 is 11.6 Å². The van der Waals surface area contributed by atoms with Gasteiger partial charge in [-0.1, -0.05) is 29.8 Å². The number of rotatable bonds is 3. The number of benzene rings is 1. The fourth-order valence-corrected chi connectivity index (χ4v) is 3.79. The normalized spacial score (nSPS) is 18.6. The van der Waals surface area contributed by atoms with Gasteiger partial charge in [-0.15, -0.1) is 0 Å². The summed E-state index contributed by atoms with van der Waals surface area (Å²) in [6.07, 6.45) is 1.73. The van der Waals surface area contributed by atoms with Crippen molar-refractivity contribution >= 4 is 17.4 Å². The fourth-order valence-electron chi connectivity index (χ4n) is 3.59. The molecule has 1 aromatic heterocycles. The van der Waals surface area contributed by atoms with Crippen LogP contribution in [0.1, 0.15) is 29.8 Å². The quantitative estimate of drug-likeness (QED) is 0.869. The second kappa shape index (κ2) is 7.31. The van der Waals surface area contributed by atoms with Crippen molar-refractivity contribution in [3.63, 3.8) is 0 Å². The molecule has 2 aliphatic rings. The van der Waals surface area contributed by atoms with Gasteiger partial charge >= 0.3 is 0 Å². The molecule has 2 aromatic rings. The number of aromatic amines is 1. The lowest BCUT2D eigenvalue weighted by Gasteiger charge is -2.38. The van der Waals surface area contributed by atoms with Crippen LogP contribution in [0.3, 0.4) is 0 Å². The van der Waals surface area contributed by atoms with Gasteiger partial charge in [-0.3, -0.25) is 4.79 Å². The number of ether oxygens (including phenoxy) is 2. The second-order valence-electron chi connectivity index (χ2n) is 6.69. The van der Waals surface area contributed by atoms with Gasteiger partial charge in [0.1, 0.15) is 11.9 Å². The molecule has 1 aromatic carbocycles. The second-order valence-corrected chi connectivity index (χ2v) is 7.09. The summed E-state index contributed by atoms with van der Waals surface area (Å²) in [4.78, 5) is 21.7. The van der Waals surface area contributed by atoms with Gasteiger partial charge in [0, 0.05) is 37.4 Å². The van der Waals surface area contributed by atoms with Gasteiger partial charge in [-0.2, -0.15) is 5.26 Å². The van der Waals surface area contributed by atoms with E-state index in [0.29, 0.717) is 62.2 Å². The lowest BCUT2D eigenvalue weighted by molar-refractivity contribution is -0.169. The van der Waals surface area contributed by atoms with Crippen LogP contribution in [0.15, 0.2) is 29.1 Å². The van der Waals surface area contributed by atoms with Crippen molar-refractivity contribution in [1.82, 2.24) is 9.97 Å². The smallest absolute Gasteiger partial charge is 0.271 e. The Bertz CT molecular complexity index is 937. The van der Waals surface area contributed by atoms with Gasteiger partial charge in [0.2, 0.25) is 0 Å². The van der Waals surface area contributed by atoms with E-state index in [4.69, 9.17) is 21.1 Å². The van der Waals surface area contributed by atoms with Gasteiger partial charge in [-0.25, -0.2) is 4.98 Å². The van der Waals surface area contributed by atoms with Crippen LogP contribution in [0, 0.1) is 11.3 Å². The Kier molecular flexibility index (Phi) is 4.87. The SMILES string of the molecule is N#Cc1c(N2CCC3(CC2)OCCO3)nc(Cc2ccccc2Cl)[nH]c1=O. The maximum Gasteiger partial charge on any atom is 0.271 e. The zero-order valence-electron chi connectivity index (χ0n) is 14.7. The van der Waals surface area contributed by atoms with E-state index in [2.05, 4.69) is 9.97 Å². The molecule has 2 aliphatic heterocycles. The van der Waals surface area contributed by atoms with E-state index in [9.17, 15) is 10.1 Å². The number of hydrogen-bond acceptors (Lipinski definition) is 6. The standard InChI is InChI=1S/C19H19ClN4O3/c20-15-4-2-1-3-13(15)11-16-22-17(14(12-21)18(25)23-16)24-7-5-19(6-8-24)26-9-10-27-19/h1-4H,5-11H2,(H,22,23,25). The van der Waals surface area contributed by atoms with E-state index in [1.165, 1.54) is 0 Å². The third kappa shape index (κ3) is 3.56. The van der Waals surface area contributed by atoms with Crippen LogP contribution in [-0.4, -0.2) is 42.1 Å². The number of nitriles is 1. The van der Waals surface area contributed by atoms with Gasteiger partial charge in [0.15, 0.2) is 17.2 Å². The Morgan fingerprint density at radius 2 is 1.96 bits per heavy atom. The summed E-state index contributed by atoms with van der Waals surface area (Å²) in [5, 5.41) is 10.1. The number of hydrogen-bond donors (Lipinski definition) is 1. The first-order valence-corrected chi connectivity index (χ1v) is 9.28. The van der Waals surface area contributed by atoms with E-state index in [0.717, 1.165) is 5.56 Å². The Morgan fingerprint density at radius 3 is 2.63 bits per heavy atom. The van der Waals surface area contributed by atoms with E-state index >= 15 is 0 Å². The molecule has 0 unspecified atom stereocenters. The summed E-state index contributed by atoms with van der Waals surface area (Å²) < 4.78 is 11.5. The van der Waals surface area contributed by atoms with Crippen LogP contribution in [-0.2, 0) is 15.9 Å². The van der Waals surface area contributed by atoms with E-state index in [-0.39, 0.29) is 5.56 Å². The van der Waals surface area contributed by atoms with Crippen LogP contribution in [0.5, 0.6) is 0 Å². The fraction of sp³-hybridized carbons (Fsp3) is 0.421. The lowest BCUT2D eigenvalue weighted by Crippen LogP contribution is -2.46. The Hall–Kier alpha value is -2.40. The number of aromatic nitrogens is 2. The Labute approximate surface area is 161 Å². The molecule has 140 valence electrons. The minimum absolute atomic E-state index is 0.0297. The largest absolute Gasteiger partial charge is 0.355 e. The first kappa shape index (κ1) is 18.0. The maximum atomic E-state index is 12.4. The first-order valence-electron chi connectivity index (χ1n) is 8.90. The van der Waals surface area contributed by atoms with Gasteiger partial charge in [0.25, 0.3) is 5.56 Å². The van der Waals surface area contributed by atoms with Crippen molar-refractivity contribution in [2.24, 2.45) is 0 Å². The zero-order valence-corrected chi connectivity index (χ0v) is 15.5. The molecule has 0 aliphatic carbocycles. The summed E-state index contributed by atoms with van der Waals surface area (Å²) >= 11 is 6.22. The molecule has 4 rings (SSSR count). The minimum Gasteiger partial charge on any atom is -0.355 e. The average molecular weight is 387 g/mol. The highest BCUT2D eigenvalue weighted by Crippen LogP contribution is 2.33. The van der Waals surface area contributed by atoms with Gasteiger partial charge < -0.3 is 19.4 Å². The zero-order chi connectivity index (χ0) is 18.9. The Balaban J connectivity index is 1.62. The third-order valence-corrected chi connectivity index (χ3v) is 5.38. The third-order valence-electron chi connectivity index (χ3n) is 5.02. The molecule has 0 bridgehead atoms. The Morgan fingerprint density at radius 1 is 1.26 bits per heavy atom. The van der Waals surface area contributed by atoms with Crippen molar-refractivity contribution in [1.29, 1.82) is 5.26 Å². The van der Waals surface area contributed by atoms with Gasteiger partial charge in [0.05, 0.1) is 13.2 Å². The highest BCUT2D eigenvalue weighted by Gasteiger charge is 2.40. The highest BCUT2D eigenvalue weighted by molar-refractivity contribution is 6.31. The summed E-state index contributed by atoms with van der Waals surface area (Å²) in [6.45, 7) is 2.43. The summed E-state index contributed by atoms with van der Waals surface area (Å²) in [6, 6.07) is 9.41. The van der Waals surface area contributed by atoms with E-state index < -0.39 is 11.3 Å². The number of nitrogens with zero attached hydrogens (tertiary/aromatic N) is 3. The monoisotopic (exact) mass is 386 g/mol. The molecule has 0 radical (unpaired) electrons. The average Bonchev–Trinajstić information content (AvgIpc) is 3.12. The van der Waals surface area contributed by atoms with Crippen molar-refractivity contribution in [2.45, 2.75) is 25.0 Å². The molecule has 2 saturated heterocycles. The van der Waals surface area contributed by atoms with Crippen molar-refractivity contribution in [2.75, 3.05) is 31.2 Å². The van der Waals surface area contributed by atoms with Crippen LogP contribution in [0.2, 0.25) is 5.02 Å². The molecule has 2 fully saturated rings. The molecule has 3 heterocycles. The highest BCUT2D eigenvalue weighted by atomic mass is 35.5. The number of nitrogens with one attached hydrogen (secondary N) is 1. The van der Waals surface area contributed by atoms with Crippen molar-refractivity contribution in [3.8, 4) is 6.07 Å². The predicted octanol–water partition coefficient (Wildman–Crippen LogP) is 2.23. The molecular weight excluding hydrogens is 368 g/mol. The van der Waals surface area contributed by atoms with Crippen LogP contribution in [0.25, 0.3) is 0 Å². The molecular formula is C19H19ClN4O3. The van der Waals surface area contributed by atoms with Crippen molar-refractivity contribution < 1.29 is 9.47 Å². The van der Waals surface area contributed by atoms with E-state index in [1.807, 2.05) is 29.2 Å². The van der Waals surface area contributed by atoms with E-state index in [1.54, 1.807) is 6.07 Å². The lowest BCUT2D eigenvalue weighted by atomic mass is 10.0. The van der Waals surface area contributed by atoms with Crippen LogP contribution in [0.4, 0.5) is 5.82 Å². The topological polar surface area (TPSA) is 91.2 Å². The molecule has 27 heavy (non-hydrogen) atoms. The minimum atomic E-state index is -0.523. The molecule has 1 spiro atoms. The molecule has 7 nitrogen and oxygen atoms in total. The first-order chi connectivity index (χ1) is 13.1. The number of H-pyrrole nitrogens is 1.